The van der Waals surface area contributed by atoms with E-state index in [0.717, 1.165) is 49.3 Å². The number of methoxy groups -OCH3 is 2. The number of carbonyl (C=O) groups excluding carboxylic acids is 1. The van der Waals surface area contributed by atoms with Gasteiger partial charge in [0.15, 0.2) is 11.5 Å². The van der Waals surface area contributed by atoms with Gasteiger partial charge in [0.05, 0.1) is 44.6 Å². The van der Waals surface area contributed by atoms with Crippen molar-refractivity contribution in [2.75, 3.05) is 27.3 Å². The fourth-order valence-electron chi connectivity index (χ4n) is 5.81. The van der Waals surface area contributed by atoms with E-state index >= 15 is 0 Å². The van der Waals surface area contributed by atoms with Crippen LogP contribution < -0.4 is 9.47 Å². The molecule has 4 atom stereocenters. The molecule has 1 fully saturated rings. The Kier molecular flexibility index (Phi) is 7.63. The van der Waals surface area contributed by atoms with E-state index in [9.17, 15) is 4.79 Å². The van der Waals surface area contributed by atoms with Crippen molar-refractivity contribution in [3.05, 3.63) is 71.3 Å². The first-order valence-electron chi connectivity index (χ1n) is 13.2. The van der Waals surface area contributed by atoms with Crippen LogP contribution in [0.2, 0.25) is 0 Å². The lowest BCUT2D eigenvalue weighted by Gasteiger charge is -2.37. The SMILES string of the molecule is COc1ccc(C2=NN(Cc3ccc(CN4CC(C)OC(C)C4)cc3)C(=O)C3CC=CCC23)cc1OC. The molecule has 0 radical (unpaired) electrons. The summed E-state index contributed by atoms with van der Waals surface area (Å²) in [5, 5.41) is 6.58. The number of nitrogens with zero attached hydrogens (tertiary/aromatic N) is 3. The fraction of sp³-hybridized carbons (Fsp3) is 0.467. The van der Waals surface area contributed by atoms with E-state index in [4.69, 9.17) is 19.3 Å². The number of benzene rings is 2. The van der Waals surface area contributed by atoms with Crippen molar-refractivity contribution in [1.82, 2.24) is 9.91 Å². The Morgan fingerprint density at radius 2 is 1.49 bits per heavy atom. The third-order valence-electron chi connectivity index (χ3n) is 7.52. The van der Waals surface area contributed by atoms with Gasteiger partial charge in [-0.2, -0.15) is 5.10 Å². The van der Waals surface area contributed by atoms with Crippen LogP contribution in [0.15, 0.2) is 59.7 Å². The lowest BCUT2D eigenvalue weighted by atomic mass is 9.76. The summed E-state index contributed by atoms with van der Waals surface area (Å²) in [6, 6.07) is 14.4. The second-order valence-corrected chi connectivity index (χ2v) is 10.4. The minimum atomic E-state index is -0.102. The van der Waals surface area contributed by atoms with E-state index in [1.807, 2.05) is 18.2 Å². The van der Waals surface area contributed by atoms with Crippen molar-refractivity contribution in [3.63, 3.8) is 0 Å². The van der Waals surface area contributed by atoms with Gasteiger partial charge in [-0.05, 0) is 56.0 Å². The van der Waals surface area contributed by atoms with Crippen molar-refractivity contribution in [2.45, 2.75) is 52.0 Å². The van der Waals surface area contributed by atoms with Crippen molar-refractivity contribution in [1.29, 1.82) is 0 Å². The van der Waals surface area contributed by atoms with Gasteiger partial charge < -0.3 is 14.2 Å². The number of ether oxygens (including phenoxy) is 3. The highest BCUT2D eigenvalue weighted by Gasteiger charge is 2.40. The molecular formula is C30H37N3O4. The Morgan fingerprint density at radius 1 is 0.865 bits per heavy atom. The number of hydrogen-bond donors (Lipinski definition) is 0. The van der Waals surface area contributed by atoms with Crippen molar-refractivity contribution < 1.29 is 19.0 Å². The number of hydrogen-bond acceptors (Lipinski definition) is 6. The Labute approximate surface area is 219 Å². The van der Waals surface area contributed by atoms with Crippen LogP contribution in [0.1, 0.15) is 43.4 Å². The number of fused-ring (bicyclic) bond motifs is 1. The van der Waals surface area contributed by atoms with Gasteiger partial charge in [-0.1, -0.05) is 36.4 Å². The van der Waals surface area contributed by atoms with Gasteiger partial charge in [-0.25, -0.2) is 5.01 Å². The fourth-order valence-corrected chi connectivity index (χ4v) is 5.81. The molecule has 2 aliphatic heterocycles. The zero-order valence-electron chi connectivity index (χ0n) is 22.2. The smallest absolute Gasteiger partial charge is 0.247 e. The summed E-state index contributed by atoms with van der Waals surface area (Å²) in [6.07, 6.45) is 6.34. The van der Waals surface area contributed by atoms with E-state index < -0.39 is 0 Å². The highest BCUT2D eigenvalue weighted by Crippen LogP contribution is 2.37. The highest BCUT2D eigenvalue weighted by molar-refractivity contribution is 6.07. The molecule has 196 valence electrons. The van der Waals surface area contributed by atoms with E-state index in [2.05, 4.69) is 55.2 Å². The second kappa shape index (κ2) is 11.1. The van der Waals surface area contributed by atoms with Crippen LogP contribution >= 0.6 is 0 Å². The summed E-state index contributed by atoms with van der Waals surface area (Å²) in [6.45, 7) is 7.50. The molecule has 1 aliphatic carbocycles. The summed E-state index contributed by atoms with van der Waals surface area (Å²) in [5.74, 6) is 1.40. The minimum Gasteiger partial charge on any atom is -0.493 e. The Hall–Kier alpha value is -3.16. The zero-order chi connectivity index (χ0) is 25.9. The summed E-state index contributed by atoms with van der Waals surface area (Å²) in [4.78, 5) is 15.9. The van der Waals surface area contributed by atoms with Crippen molar-refractivity contribution in [2.24, 2.45) is 16.9 Å². The van der Waals surface area contributed by atoms with Crippen LogP contribution in [-0.4, -0.2) is 61.0 Å². The molecule has 37 heavy (non-hydrogen) atoms. The molecule has 0 spiro atoms. The van der Waals surface area contributed by atoms with Crippen LogP contribution in [-0.2, 0) is 22.6 Å². The number of amides is 1. The van der Waals surface area contributed by atoms with E-state index in [1.54, 1.807) is 19.2 Å². The summed E-state index contributed by atoms with van der Waals surface area (Å²) in [7, 11) is 3.27. The highest BCUT2D eigenvalue weighted by atomic mass is 16.5. The minimum absolute atomic E-state index is 0.0625. The number of allylic oxidation sites excluding steroid dienone is 2. The first-order valence-corrected chi connectivity index (χ1v) is 13.2. The van der Waals surface area contributed by atoms with Crippen LogP contribution in [0, 0.1) is 11.8 Å². The average Bonchev–Trinajstić information content (AvgIpc) is 2.90. The van der Waals surface area contributed by atoms with Gasteiger partial charge >= 0.3 is 0 Å². The molecule has 0 bridgehead atoms. The zero-order valence-corrected chi connectivity index (χ0v) is 22.2. The molecule has 2 aromatic rings. The maximum Gasteiger partial charge on any atom is 0.247 e. The third-order valence-corrected chi connectivity index (χ3v) is 7.52. The number of hydrazone groups is 1. The first kappa shape index (κ1) is 25.5. The van der Waals surface area contributed by atoms with Gasteiger partial charge in [0, 0.05) is 31.1 Å². The van der Waals surface area contributed by atoms with E-state index in [0.29, 0.717) is 18.0 Å². The molecule has 7 nitrogen and oxygen atoms in total. The predicted molar refractivity (Wildman–Crippen MR) is 144 cm³/mol. The molecule has 5 rings (SSSR count). The monoisotopic (exact) mass is 503 g/mol. The van der Waals surface area contributed by atoms with Gasteiger partial charge in [-0.3, -0.25) is 9.69 Å². The Bertz CT molecular complexity index is 1170. The molecule has 2 heterocycles. The maximum atomic E-state index is 13.5. The molecule has 0 aromatic heterocycles. The van der Waals surface area contributed by atoms with E-state index in [1.165, 1.54) is 5.56 Å². The standard InChI is InChI=1S/C30H37N3O4/c1-20-16-32(17-21(2)37-20)18-22-9-11-23(12-10-22)19-33-30(34)26-8-6-5-7-25(26)29(31-33)24-13-14-27(35-3)28(15-24)36-4/h5-6,9-15,20-21,25-26H,7-8,16-19H2,1-4H3. The third kappa shape index (κ3) is 5.58. The van der Waals surface area contributed by atoms with Gasteiger partial charge in [0.2, 0.25) is 5.91 Å². The molecule has 2 aromatic carbocycles. The summed E-state index contributed by atoms with van der Waals surface area (Å²) < 4.78 is 16.8. The van der Waals surface area contributed by atoms with Gasteiger partial charge in [0.25, 0.3) is 0 Å². The molecule has 1 amide bonds. The quantitative estimate of drug-likeness (QED) is 0.515. The maximum absolute atomic E-state index is 13.5. The largest absolute Gasteiger partial charge is 0.493 e. The average molecular weight is 504 g/mol. The van der Waals surface area contributed by atoms with E-state index in [-0.39, 0.29) is 30.0 Å². The van der Waals surface area contributed by atoms with Crippen LogP contribution in [0.25, 0.3) is 0 Å². The summed E-state index contributed by atoms with van der Waals surface area (Å²) in [5.41, 5.74) is 4.23. The lowest BCUT2D eigenvalue weighted by molar-refractivity contribution is -0.138. The van der Waals surface area contributed by atoms with Crippen molar-refractivity contribution in [3.8, 4) is 11.5 Å². The van der Waals surface area contributed by atoms with Crippen LogP contribution in [0.5, 0.6) is 11.5 Å². The molecule has 7 heteroatoms. The predicted octanol–water partition coefficient (Wildman–Crippen LogP) is 4.64. The molecular weight excluding hydrogens is 466 g/mol. The van der Waals surface area contributed by atoms with Gasteiger partial charge in [0.1, 0.15) is 0 Å². The van der Waals surface area contributed by atoms with Crippen molar-refractivity contribution >= 4 is 11.6 Å². The second-order valence-electron chi connectivity index (χ2n) is 10.4. The molecule has 4 unspecified atom stereocenters. The number of morpholine rings is 1. The molecule has 0 saturated carbocycles. The Balaban J connectivity index is 1.36. The molecule has 3 aliphatic rings. The van der Waals surface area contributed by atoms with Crippen LogP contribution in [0.4, 0.5) is 0 Å². The number of carbonyl (C=O) groups is 1. The molecule has 1 saturated heterocycles. The topological polar surface area (TPSA) is 63.6 Å². The lowest BCUT2D eigenvalue weighted by Crippen LogP contribution is -2.45. The number of rotatable bonds is 7. The van der Waals surface area contributed by atoms with Gasteiger partial charge in [-0.15, -0.1) is 0 Å². The van der Waals surface area contributed by atoms with Crippen LogP contribution in [0.3, 0.4) is 0 Å². The Morgan fingerprint density at radius 3 is 2.14 bits per heavy atom. The molecule has 0 N–H and O–H groups in total. The first-order chi connectivity index (χ1) is 17.9. The normalized spacial score (nSPS) is 26.0. The summed E-state index contributed by atoms with van der Waals surface area (Å²) >= 11 is 0.